The van der Waals surface area contributed by atoms with Gasteiger partial charge in [-0.05, 0) is 12.1 Å². The number of rotatable bonds is 5. The standard InChI is InChI=1S/C12H10Cl2N2O3/c1-2-10-15-11(19-16-10)6-18-12-7(5-17)3-8(13)4-9(12)14/h3-5H,2,6H2,1H3. The monoisotopic (exact) mass is 300 g/mol. The van der Waals surface area contributed by atoms with E-state index in [0.29, 0.717) is 29.4 Å². The van der Waals surface area contributed by atoms with Crippen molar-refractivity contribution in [3.63, 3.8) is 0 Å². The van der Waals surface area contributed by atoms with Gasteiger partial charge in [0.05, 0.1) is 10.6 Å². The van der Waals surface area contributed by atoms with Crippen LogP contribution in [0, 0.1) is 0 Å². The molecule has 2 aromatic rings. The SMILES string of the molecule is CCc1noc(COc2c(Cl)cc(Cl)cc2C=O)n1. The van der Waals surface area contributed by atoms with Gasteiger partial charge in [0.2, 0.25) is 0 Å². The minimum absolute atomic E-state index is 0.0369. The lowest BCUT2D eigenvalue weighted by molar-refractivity contribution is 0.111. The Morgan fingerprint density at radius 2 is 2.21 bits per heavy atom. The Kier molecular flexibility index (Phi) is 4.39. The molecule has 0 aliphatic carbocycles. The summed E-state index contributed by atoms with van der Waals surface area (Å²) in [5.74, 6) is 1.16. The number of carbonyl (C=O) groups is 1. The first-order valence-corrected chi connectivity index (χ1v) is 6.28. The van der Waals surface area contributed by atoms with E-state index >= 15 is 0 Å². The molecule has 0 unspecified atom stereocenters. The summed E-state index contributed by atoms with van der Waals surface area (Å²) in [5, 5.41) is 4.36. The molecule has 7 heteroatoms. The Balaban J connectivity index is 2.17. The molecule has 1 aromatic carbocycles. The minimum Gasteiger partial charge on any atom is -0.481 e. The molecule has 0 atom stereocenters. The van der Waals surface area contributed by atoms with Gasteiger partial charge < -0.3 is 9.26 Å². The van der Waals surface area contributed by atoms with Crippen molar-refractivity contribution in [3.8, 4) is 5.75 Å². The molecule has 2 rings (SSSR count). The molecule has 5 nitrogen and oxygen atoms in total. The van der Waals surface area contributed by atoms with Crippen LogP contribution in [0.4, 0.5) is 0 Å². The van der Waals surface area contributed by atoms with Crippen molar-refractivity contribution in [3.05, 3.63) is 39.5 Å². The summed E-state index contributed by atoms with van der Waals surface area (Å²) < 4.78 is 10.4. The summed E-state index contributed by atoms with van der Waals surface area (Å²) in [4.78, 5) is 15.0. The van der Waals surface area contributed by atoms with Gasteiger partial charge in [0.15, 0.2) is 18.7 Å². The maximum atomic E-state index is 10.9. The van der Waals surface area contributed by atoms with Crippen molar-refractivity contribution in [1.82, 2.24) is 10.1 Å². The van der Waals surface area contributed by atoms with Gasteiger partial charge in [-0.3, -0.25) is 4.79 Å². The van der Waals surface area contributed by atoms with Crippen LogP contribution < -0.4 is 4.74 Å². The molecule has 100 valence electrons. The number of aryl methyl sites for hydroxylation is 1. The second-order valence-corrected chi connectivity index (χ2v) is 4.51. The Bertz CT molecular complexity index is 599. The third-order valence-electron chi connectivity index (χ3n) is 2.33. The maximum Gasteiger partial charge on any atom is 0.264 e. The molecule has 0 radical (unpaired) electrons. The number of benzene rings is 1. The van der Waals surface area contributed by atoms with Gasteiger partial charge in [0.1, 0.15) is 5.75 Å². The average molecular weight is 301 g/mol. The van der Waals surface area contributed by atoms with E-state index in [4.69, 9.17) is 32.5 Å². The summed E-state index contributed by atoms with van der Waals surface area (Å²) in [5.41, 5.74) is 0.271. The molecule has 0 spiro atoms. The first-order chi connectivity index (χ1) is 9.13. The van der Waals surface area contributed by atoms with Crippen molar-refractivity contribution in [2.75, 3.05) is 0 Å². The highest BCUT2D eigenvalue weighted by molar-refractivity contribution is 6.36. The van der Waals surface area contributed by atoms with Crippen molar-refractivity contribution in [1.29, 1.82) is 0 Å². The molecular formula is C12H10Cl2N2O3. The molecule has 1 heterocycles. The molecule has 0 amide bonds. The zero-order valence-electron chi connectivity index (χ0n) is 10.0. The maximum absolute atomic E-state index is 10.9. The predicted octanol–water partition coefficient (Wildman–Crippen LogP) is 3.33. The topological polar surface area (TPSA) is 65.2 Å². The fourth-order valence-corrected chi connectivity index (χ4v) is 2.01. The van der Waals surface area contributed by atoms with Gasteiger partial charge in [-0.2, -0.15) is 4.98 Å². The molecule has 0 bridgehead atoms. The minimum atomic E-state index is 0.0369. The van der Waals surface area contributed by atoms with E-state index in [1.54, 1.807) is 0 Å². The second kappa shape index (κ2) is 6.04. The van der Waals surface area contributed by atoms with Crippen molar-refractivity contribution >= 4 is 29.5 Å². The number of carbonyl (C=O) groups excluding carboxylic acids is 1. The van der Waals surface area contributed by atoms with Crippen molar-refractivity contribution in [2.24, 2.45) is 0 Å². The van der Waals surface area contributed by atoms with E-state index in [-0.39, 0.29) is 22.9 Å². The third-order valence-corrected chi connectivity index (χ3v) is 2.83. The lowest BCUT2D eigenvalue weighted by Gasteiger charge is -2.08. The van der Waals surface area contributed by atoms with Crippen molar-refractivity contribution in [2.45, 2.75) is 20.0 Å². The van der Waals surface area contributed by atoms with Crippen LogP contribution in [0.1, 0.15) is 29.0 Å². The van der Waals surface area contributed by atoms with Crippen LogP contribution in [0.3, 0.4) is 0 Å². The highest BCUT2D eigenvalue weighted by atomic mass is 35.5. The average Bonchev–Trinajstić information content (AvgIpc) is 2.84. The van der Waals surface area contributed by atoms with Crippen LogP contribution in [-0.2, 0) is 13.0 Å². The number of hydrogen-bond donors (Lipinski definition) is 0. The molecular weight excluding hydrogens is 291 g/mol. The molecule has 0 aliphatic heterocycles. The van der Waals surface area contributed by atoms with Crippen LogP contribution in [0.25, 0.3) is 0 Å². The highest BCUT2D eigenvalue weighted by Crippen LogP contribution is 2.31. The number of aldehydes is 1. The van der Waals surface area contributed by atoms with Gasteiger partial charge in [-0.15, -0.1) is 0 Å². The van der Waals surface area contributed by atoms with Crippen LogP contribution >= 0.6 is 23.2 Å². The van der Waals surface area contributed by atoms with E-state index in [0.717, 1.165) is 0 Å². The number of halogens is 2. The zero-order chi connectivity index (χ0) is 13.8. The number of ether oxygens (including phenoxy) is 1. The first-order valence-electron chi connectivity index (χ1n) is 5.52. The van der Waals surface area contributed by atoms with E-state index < -0.39 is 0 Å². The number of nitrogens with zero attached hydrogens (tertiary/aromatic N) is 2. The van der Waals surface area contributed by atoms with Crippen LogP contribution in [0.15, 0.2) is 16.7 Å². The Morgan fingerprint density at radius 3 is 2.84 bits per heavy atom. The van der Waals surface area contributed by atoms with E-state index in [1.807, 2.05) is 6.92 Å². The van der Waals surface area contributed by atoms with Crippen LogP contribution in [-0.4, -0.2) is 16.4 Å². The second-order valence-electron chi connectivity index (χ2n) is 3.67. The molecule has 0 fully saturated rings. The molecule has 0 aliphatic rings. The summed E-state index contributed by atoms with van der Waals surface area (Å²) >= 11 is 11.8. The first kappa shape index (κ1) is 13.8. The quantitative estimate of drug-likeness (QED) is 0.792. The van der Waals surface area contributed by atoms with Gasteiger partial charge in [0, 0.05) is 11.4 Å². The summed E-state index contributed by atoms with van der Waals surface area (Å²) in [7, 11) is 0. The summed E-state index contributed by atoms with van der Waals surface area (Å²) in [6.45, 7) is 1.95. The van der Waals surface area contributed by atoms with Crippen molar-refractivity contribution < 1.29 is 14.1 Å². The Morgan fingerprint density at radius 1 is 1.42 bits per heavy atom. The molecule has 1 aromatic heterocycles. The van der Waals surface area contributed by atoms with Crippen LogP contribution in [0.2, 0.25) is 10.0 Å². The van der Waals surface area contributed by atoms with Gasteiger partial charge in [-0.25, -0.2) is 0 Å². The fourth-order valence-electron chi connectivity index (χ4n) is 1.45. The van der Waals surface area contributed by atoms with Gasteiger partial charge in [-0.1, -0.05) is 35.3 Å². The molecule has 0 saturated carbocycles. The predicted molar refractivity (Wildman–Crippen MR) is 69.9 cm³/mol. The molecule has 19 heavy (non-hydrogen) atoms. The lowest BCUT2D eigenvalue weighted by atomic mass is 10.2. The van der Waals surface area contributed by atoms with E-state index in [1.165, 1.54) is 12.1 Å². The molecule has 0 saturated heterocycles. The van der Waals surface area contributed by atoms with E-state index in [9.17, 15) is 4.79 Å². The number of aromatic nitrogens is 2. The van der Waals surface area contributed by atoms with Gasteiger partial charge in [0.25, 0.3) is 5.89 Å². The van der Waals surface area contributed by atoms with Gasteiger partial charge >= 0.3 is 0 Å². The Hall–Kier alpha value is -1.59. The third kappa shape index (κ3) is 3.24. The van der Waals surface area contributed by atoms with E-state index in [2.05, 4.69) is 10.1 Å². The summed E-state index contributed by atoms with van der Waals surface area (Å²) in [6.07, 6.45) is 1.29. The number of hydrogen-bond acceptors (Lipinski definition) is 5. The normalized spacial score (nSPS) is 10.5. The smallest absolute Gasteiger partial charge is 0.264 e. The lowest BCUT2D eigenvalue weighted by Crippen LogP contribution is -2.00. The molecule has 0 N–H and O–H groups in total. The Labute approximate surface area is 119 Å². The zero-order valence-corrected chi connectivity index (χ0v) is 11.5. The largest absolute Gasteiger partial charge is 0.481 e. The fraction of sp³-hybridized carbons (Fsp3) is 0.250. The highest BCUT2D eigenvalue weighted by Gasteiger charge is 2.12. The van der Waals surface area contributed by atoms with Crippen LogP contribution in [0.5, 0.6) is 5.75 Å². The summed E-state index contributed by atoms with van der Waals surface area (Å²) in [6, 6.07) is 2.97.